The largest absolute Gasteiger partial charge is 0.352 e. The Morgan fingerprint density at radius 3 is 2.74 bits per heavy atom. The average Bonchev–Trinajstić information content (AvgIpc) is 3.14. The summed E-state index contributed by atoms with van der Waals surface area (Å²) < 4.78 is 0. The fraction of sp³-hybridized carbons (Fsp3) is 0.571. The zero-order valence-electron chi connectivity index (χ0n) is 16.7. The SMILES string of the molecule is CCc1ccc(-c2nc(S[C@H](C)C(=O)N[C@@H]3CCC[C@H](C)[C@@H]3C)n[nH]2)cc1. The van der Waals surface area contributed by atoms with Gasteiger partial charge in [0.05, 0.1) is 5.25 Å². The molecule has 1 heterocycles. The Balaban J connectivity index is 1.58. The Bertz CT molecular complexity index is 758. The standard InChI is InChI=1S/C21H30N4OS/c1-5-16-9-11-17(12-10-16)19-23-21(25-24-19)27-15(4)20(26)22-18-8-6-7-13(2)14(18)3/h9-15,18H,5-8H2,1-4H3,(H,22,26)(H,23,24,25)/t13-,14-,15+,18+/m0/s1. The van der Waals surface area contributed by atoms with Crippen molar-refractivity contribution >= 4 is 17.7 Å². The normalized spacial score (nSPS) is 23.8. The fourth-order valence-corrected chi connectivity index (χ4v) is 4.36. The molecule has 5 nitrogen and oxygen atoms in total. The number of benzene rings is 1. The van der Waals surface area contributed by atoms with Gasteiger partial charge in [-0.25, -0.2) is 4.98 Å². The van der Waals surface area contributed by atoms with E-state index in [4.69, 9.17) is 0 Å². The van der Waals surface area contributed by atoms with E-state index in [-0.39, 0.29) is 17.2 Å². The summed E-state index contributed by atoms with van der Waals surface area (Å²) in [5.74, 6) is 2.01. The van der Waals surface area contributed by atoms with Crippen molar-refractivity contribution < 1.29 is 4.79 Å². The van der Waals surface area contributed by atoms with Gasteiger partial charge in [0.1, 0.15) is 0 Å². The van der Waals surface area contributed by atoms with E-state index < -0.39 is 0 Å². The smallest absolute Gasteiger partial charge is 0.233 e. The van der Waals surface area contributed by atoms with E-state index >= 15 is 0 Å². The fourth-order valence-electron chi connectivity index (χ4n) is 3.62. The maximum absolute atomic E-state index is 12.6. The van der Waals surface area contributed by atoms with E-state index in [1.807, 2.05) is 6.92 Å². The maximum atomic E-state index is 12.6. The molecular weight excluding hydrogens is 356 g/mol. The summed E-state index contributed by atoms with van der Waals surface area (Å²) in [4.78, 5) is 17.2. The van der Waals surface area contributed by atoms with Crippen LogP contribution in [0, 0.1) is 11.8 Å². The van der Waals surface area contributed by atoms with Gasteiger partial charge in [0.25, 0.3) is 0 Å². The molecule has 0 spiro atoms. The third-order valence-electron chi connectivity index (χ3n) is 5.79. The van der Waals surface area contributed by atoms with Crippen LogP contribution < -0.4 is 5.32 Å². The van der Waals surface area contributed by atoms with E-state index in [0.717, 1.165) is 24.2 Å². The van der Waals surface area contributed by atoms with Gasteiger partial charge in [0, 0.05) is 11.6 Å². The summed E-state index contributed by atoms with van der Waals surface area (Å²) in [5, 5.41) is 10.9. The van der Waals surface area contributed by atoms with Gasteiger partial charge in [0.15, 0.2) is 5.82 Å². The van der Waals surface area contributed by atoms with Crippen molar-refractivity contribution in [3.8, 4) is 11.4 Å². The number of aryl methyl sites for hydroxylation is 1. The predicted octanol–water partition coefficient (Wildman–Crippen LogP) is 4.46. The average molecular weight is 387 g/mol. The summed E-state index contributed by atoms with van der Waals surface area (Å²) in [6.07, 6.45) is 4.55. The van der Waals surface area contributed by atoms with Crippen LogP contribution in [0.4, 0.5) is 0 Å². The highest BCUT2D eigenvalue weighted by Gasteiger charge is 2.29. The predicted molar refractivity (Wildman–Crippen MR) is 111 cm³/mol. The second-order valence-electron chi connectivity index (χ2n) is 7.66. The van der Waals surface area contributed by atoms with Crippen LogP contribution in [-0.2, 0) is 11.2 Å². The molecule has 146 valence electrons. The van der Waals surface area contributed by atoms with Crippen molar-refractivity contribution in [1.82, 2.24) is 20.5 Å². The number of hydrogen-bond donors (Lipinski definition) is 2. The quantitative estimate of drug-likeness (QED) is 0.719. The van der Waals surface area contributed by atoms with E-state index in [9.17, 15) is 4.79 Å². The number of thioether (sulfide) groups is 1. The third-order valence-corrected chi connectivity index (χ3v) is 6.75. The van der Waals surface area contributed by atoms with Crippen molar-refractivity contribution in [3.63, 3.8) is 0 Å². The summed E-state index contributed by atoms with van der Waals surface area (Å²) in [5.41, 5.74) is 2.30. The first-order chi connectivity index (χ1) is 13.0. The molecule has 0 aliphatic heterocycles. The molecule has 4 atom stereocenters. The third kappa shape index (κ3) is 4.92. The molecule has 1 aliphatic carbocycles. The molecule has 1 fully saturated rings. The minimum atomic E-state index is -0.222. The minimum absolute atomic E-state index is 0.0737. The topological polar surface area (TPSA) is 70.7 Å². The molecule has 0 unspecified atom stereocenters. The van der Waals surface area contributed by atoms with Gasteiger partial charge in [0.2, 0.25) is 11.1 Å². The molecular formula is C21H30N4OS. The molecule has 1 aromatic carbocycles. The van der Waals surface area contributed by atoms with Crippen molar-refractivity contribution in [2.45, 2.75) is 69.8 Å². The summed E-state index contributed by atoms with van der Waals surface area (Å²) in [7, 11) is 0. The lowest BCUT2D eigenvalue weighted by atomic mass is 9.78. The molecule has 2 aromatic rings. The maximum Gasteiger partial charge on any atom is 0.233 e. The highest BCUT2D eigenvalue weighted by Crippen LogP contribution is 2.30. The van der Waals surface area contributed by atoms with Gasteiger partial charge in [-0.3, -0.25) is 9.89 Å². The van der Waals surface area contributed by atoms with Crippen LogP contribution in [0.2, 0.25) is 0 Å². The number of nitrogens with zero attached hydrogens (tertiary/aromatic N) is 2. The van der Waals surface area contributed by atoms with Gasteiger partial charge in [-0.05, 0) is 37.2 Å². The Labute approximate surface area is 166 Å². The molecule has 1 amide bonds. The lowest BCUT2D eigenvalue weighted by Gasteiger charge is -2.35. The molecule has 3 rings (SSSR count). The van der Waals surface area contributed by atoms with Crippen LogP contribution >= 0.6 is 11.8 Å². The van der Waals surface area contributed by atoms with Crippen molar-refractivity contribution in [2.24, 2.45) is 11.8 Å². The van der Waals surface area contributed by atoms with Crippen LogP contribution in [-0.4, -0.2) is 32.4 Å². The van der Waals surface area contributed by atoms with Gasteiger partial charge in [-0.15, -0.1) is 5.10 Å². The first-order valence-corrected chi connectivity index (χ1v) is 10.8. The summed E-state index contributed by atoms with van der Waals surface area (Å²) in [6, 6.07) is 8.59. The Morgan fingerprint density at radius 2 is 2.04 bits per heavy atom. The van der Waals surface area contributed by atoms with E-state index in [1.54, 1.807) is 0 Å². The van der Waals surface area contributed by atoms with Crippen molar-refractivity contribution in [1.29, 1.82) is 0 Å². The molecule has 1 saturated carbocycles. The van der Waals surface area contributed by atoms with Gasteiger partial charge < -0.3 is 5.32 Å². The molecule has 0 bridgehead atoms. The summed E-state index contributed by atoms with van der Waals surface area (Å²) in [6.45, 7) is 8.59. The number of aromatic nitrogens is 3. The van der Waals surface area contributed by atoms with Gasteiger partial charge >= 0.3 is 0 Å². The van der Waals surface area contributed by atoms with E-state index in [2.05, 4.69) is 65.5 Å². The molecule has 1 aromatic heterocycles. The van der Waals surface area contributed by atoms with E-state index in [0.29, 0.717) is 17.0 Å². The Hall–Kier alpha value is -1.82. The molecule has 27 heavy (non-hydrogen) atoms. The first kappa shape index (κ1) is 19.9. The number of carbonyl (C=O) groups is 1. The van der Waals surface area contributed by atoms with E-state index in [1.165, 1.54) is 30.2 Å². The lowest BCUT2D eigenvalue weighted by Crippen LogP contribution is -2.46. The zero-order valence-corrected chi connectivity index (χ0v) is 17.5. The number of aromatic amines is 1. The van der Waals surface area contributed by atoms with Crippen LogP contribution in [0.5, 0.6) is 0 Å². The molecule has 6 heteroatoms. The lowest BCUT2D eigenvalue weighted by molar-refractivity contribution is -0.121. The van der Waals surface area contributed by atoms with Crippen LogP contribution in [0.3, 0.4) is 0 Å². The second-order valence-corrected chi connectivity index (χ2v) is 8.97. The zero-order chi connectivity index (χ0) is 19.4. The minimum Gasteiger partial charge on any atom is -0.352 e. The summed E-state index contributed by atoms with van der Waals surface area (Å²) >= 11 is 1.40. The second kappa shape index (κ2) is 8.91. The Kier molecular flexibility index (Phi) is 6.58. The number of carbonyl (C=O) groups excluding carboxylic acids is 1. The van der Waals surface area contributed by atoms with Crippen LogP contribution in [0.1, 0.15) is 52.5 Å². The monoisotopic (exact) mass is 386 g/mol. The molecule has 0 radical (unpaired) electrons. The number of rotatable bonds is 6. The van der Waals surface area contributed by atoms with Crippen LogP contribution in [0.25, 0.3) is 11.4 Å². The molecule has 0 saturated heterocycles. The van der Waals surface area contributed by atoms with Crippen molar-refractivity contribution in [2.75, 3.05) is 0 Å². The number of H-pyrrole nitrogens is 1. The van der Waals surface area contributed by atoms with Gasteiger partial charge in [-0.1, -0.05) is 69.6 Å². The molecule has 1 aliphatic rings. The first-order valence-electron chi connectivity index (χ1n) is 9.96. The Morgan fingerprint density at radius 1 is 1.30 bits per heavy atom. The van der Waals surface area contributed by atoms with Gasteiger partial charge in [-0.2, -0.15) is 0 Å². The highest BCUT2D eigenvalue weighted by molar-refractivity contribution is 8.00. The number of amides is 1. The van der Waals surface area contributed by atoms with Crippen molar-refractivity contribution in [3.05, 3.63) is 29.8 Å². The number of nitrogens with one attached hydrogen (secondary N) is 2. The van der Waals surface area contributed by atoms with Crippen LogP contribution in [0.15, 0.2) is 29.4 Å². The number of hydrogen-bond acceptors (Lipinski definition) is 4. The highest BCUT2D eigenvalue weighted by atomic mass is 32.2. The molecule has 2 N–H and O–H groups in total.